The van der Waals surface area contributed by atoms with Crippen LogP contribution in [-0.2, 0) is 16.6 Å². The van der Waals surface area contributed by atoms with Gasteiger partial charge in [0.05, 0.1) is 4.90 Å². The highest BCUT2D eigenvalue weighted by Gasteiger charge is 2.13. The first-order valence-electron chi connectivity index (χ1n) is 7.19. The normalized spacial score (nSPS) is 12.0. The molecule has 2 rings (SSSR count). The minimum absolute atomic E-state index is 0.327. The highest BCUT2D eigenvalue weighted by atomic mass is 32.2. The monoisotopic (exact) mass is 306 g/mol. The van der Waals surface area contributed by atoms with Crippen LogP contribution in [0.3, 0.4) is 0 Å². The van der Waals surface area contributed by atoms with Crippen LogP contribution in [0, 0.1) is 0 Å². The van der Waals surface area contributed by atoms with Gasteiger partial charge in [-0.05, 0) is 42.2 Å². The summed E-state index contributed by atoms with van der Waals surface area (Å²) in [7, 11) is -3.40. The molecule has 4 nitrogen and oxygen atoms in total. The molecule has 2 aromatic rings. The Morgan fingerprint density at radius 1 is 1.10 bits per heavy atom. The molecule has 0 aliphatic heterocycles. The molecule has 0 unspecified atom stereocenters. The molecule has 0 saturated heterocycles. The lowest BCUT2D eigenvalue weighted by molar-refractivity contribution is 0.570. The number of nitrogens with zero attached hydrogens (tertiary/aromatic N) is 1. The number of benzene rings is 1. The summed E-state index contributed by atoms with van der Waals surface area (Å²) in [5.74, 6) is 0.399. The smallest absolute Gasteiger partial charge is 0.240 e. The van der Waals surface area contributed by atoms with Crippen molar-refractivity contribution in [2.24, 2.45) is 0 Å². The molecule has 0 saturated carbocycles. The van der Waals surface area contributed by atoms with Crippen molar-refractivity contribution < 1.29 is 8.42 Å². The molecule has 114 valence electrons. The van der Waals surface area contributed by atoms with E-state index in [-0.39, 0.29) is 0 Å². The van der Waals surface area contributed by atoms with Gasteiger partial charge in [-0.25, -0.2) is 13.1 Å². The Labute approximate surface area is 126 Å². The highest BCUT2D eigenvalue weighted by molar-refractivity contribution is 7.89. The van der Waals surface area contributed by atoms with Crippen molar-refractivity contribution in [3.05, 3.63) is 54.4 Å². The van der Waals surface area contributed by atoms with E-state index in [2.05, 4.69) is 18.6 Å². The van der Waals surface area contributed by atoms with Crippen LogP contribution in [0.25, 0.3) is 0 Å². The van der Waals surface area contributed by atoms with E-state index < -0.39 is 10.0 Å². The first kappa shape index (κ1) is 15.8. The average molecular weight is 306 g/mol. The maximum absolute atomic E-state index is 12.2. The van der Waals surface area contributed by atoms with E-state index in [1.165, 1.54) is 0 Å². The van der Waals surface area contributed by atoms with E-state index in [9.17, 15) is 8.42 Å². The largest absolute Gasteiger partial charge is 0.354 e. The molecule has 0 atom stereocenters. The Kier molecular flexibility index (Phi) is 5.20. The zero-order valence-electron chi connectivity index (χ0n) is 12.5. The van der Waals surface area contributed by atoms with E-state index in [0.717, 1.165) is 18.5 Å². The first-order chi connectivity index (χ1) is 9.99. The van der Waals surface area contributed by atoms with Crippen LogP contribution in [0.1, 0.15) is 31.7 Å². The van der Waals surface area contributed by atoms with Gasteiger partial charge in [0.2, 0.25) is 10.0 Å². The Bertz CT molecular complexity index is 644. The van der Waals surface area contributed by atoms with Crippen LogP contribution >= 0.6 is 0 Å². The molecule has 0 spiro atoms. The van der Waals surface area contributed by atoms with Gasteiger partial charge in [0, 0.05) is 25.5 Å². The third-order valence-corrected chi connectivity index (χ3v) is 4.89. The molecular weight excluding hydrogens is 284 g/mol. The lowest BCUT2D eigenvalue weighted by Crippen LogP contribution is -2.25. The summed E-state index contributed by atoms with van der Waals surface area (Å²) in [6, 6.07) is 11.0. The van der Waals surface area contributed by atoms with Gasteiger partial charge in [0.25, 0.3) is 0 Å². The lowest BCUT2D eigenvalue weighted by atomic mass is 10.0. The molecule has 5 heteroatoms. The fourth-order valence-electron chi connectivity index (χ4n) is 2.10. The summed E-state index contributed by atoms with van der Waals surface area (Å²) >= 11 is 0. The number of aromatic nitrogens is 1. The van der Waals surface area contributed by atoms with Gasteiger partial charge < -0.3 is 4.57 Å². The summed E-state index contributed by atoms with van der Waals surface area (Å²) in [6.45, 7) is 5.42. The van der Waals surface area contributed by atoms with E-state index in [0.29, 0.717) is 17.4 Å². The zero-order valence-corrected chi connectivity index (χ0v) is 13.3. The lowest BCUT2D eigenvalue weighted by Gasteiger charge is -2.09. The number of nitrogens with one attached hydrogen (secondary N) is 1. The molecular formula is C16H22N2O2S. The van der Waals surface area contributed by atoms with Gasteiger partial charge in [0.15, 0.2) is 0 Å². The molecule has 0 bridgehead atoms. The van der Waals surface area contributed by atoms with Gasteiger partial charge in [-0.15, -0.1) is 0 Å². The average Bonchev–Trinajstić information content (AvgIpc) is 2.97. The Morgan fingerprint density at radius 3 is 2.29 bits per heavy atom. The van der Waals surface area contributed by atoms with Gasteiger partial charge in [-0.3, -0.25) is 0 Å². The van der Waals surface area contributed by atoms with E-state index >= 15 is 0 Å². The quantitative estimate of drug-likeness (QED) is 0.800. The summed E-state index contributed by atoms with van der Waals surface area (Å²) < 4.78 is 29.0. The molecule has 1 N–H and O–H groups in total. The Hall–Kier alpha value is -1.59. The number of sulfonamides is 1. The van der Waals surface area contributed by atoms with Crippen LogP contribution in [0.2, 0.25) is 0 Å². The predicted octanol–water partition coefficient (Wildman–Crippen LogP) is 2.98. The van der Waals surface area contributed by atoms with Crippen LogP contribution in [-0.4, -0.2) is 19.5 Å². The topological polar surface area (TPSA) is 51.1 Å². The fraction of sp³-hybridized carbons (Fsp3) is 0.375. The van der Waals surface area contributed by atoms with Crippen molar-refractivity contribution in [3.63, 3.8) is 0 Å². The Morgan fingerprint density at radius 2 is 1.71 bits per heavy atom. The van der Waals surface area contributed by atoms with E-state index in [1.807, 2.05) is 41.2 Å². The molecule has 0 amide bonds. The SMILES string of the molecule is CC(C)c1ccc(S(=O)(=O)NCCCn2cccc2)cc1. The summed E-state index contributed by atoms with van der Waals surface area (Å²) in [6.07, 6.45) is 4.70. The molecule has 1 heterocycles. The van der Waals surface area contributed by atoms with Crippen molar-refractivity contribution >= 4 is 10.0 Å². The van der Waals surface area contributed by atoms with Gasteiger partial charge >= 0.3 is 0 Å². The number of hydrogen-bond donors (Lipinski definition) is 1. The molecule has 0 fully saturated rings. The molecule has 0 aliphatic rings. The fourth-order valence-corrected chi connectivity index (χ4v) is 3.18. The molecule has 0 radical (unpaired) electrons. The van der Waals surface area contributed by atoms with Gasteiger partial charge in [-0.1, -0.05) is 26.0 Å². The van der Waals surface area contributed by atoms with Crippen LogP contribution < -0.4 is 4.72 Å². The minimum Gasteiger partial charge on any atom is -0.354 e. The maximum Gasteiger partial charge on any atom is 0.240 e. The van der Waals surface area contributed by atoms with E-state index in [4.69, 9.17) is 0 Å². The molecule has 1 aromatic carbocycles. The standard InChI is InChI=1S/C16H22N2O2S/c1-14(2)15-6-8-16(9-7-15)21(19,20)17-10-5-13-18-11-3-4-12-18/h3-4,6-9,11-12,14,17H,5,10,13H2,1-2H3. The summed E-state index contributed by atoms with van der Waals surface area (Å²) in [5.41, 5.74) is 1.14. The van der Waals surface area contributed by atoms with Crippen LogP contribution in [0.5, 0.6) is 0 Å². The van der Waals surface area contributed by atoms with Gasteiger partial charge in [-0.2, -0.15) is 0 Å². The second-order valence-corrected chi connectivity index (χ2v) is 7.16. The van der Waals surface area contributed by atoms with Crippen LogP contribution in [0.15, 0.2) is 53.7 Å². The van der Waals surface area contributed by atoms with Crippen molar-refractivity contribution in [1.82, 2.24) is 9.29 Å². The number of rotatable bonds is 7. The summed E-state index contributed by atoms with van der Waals surface area (Å²) in [4.78, 5) is 0.327. The van der Waals surface area contributed by atoms with Crippen molar-refractivity contribution in [2.75, 3.05) is 6.54 Å². The molecule has 21 heavy (non-hydrogen) atoms. The first-order valence-corrected chi connectivity index (χ1v) is 8.68. The highest BCUT2D eigenvalue weighted by Crippen LogP contribution is 2.17. The predicted molar refractivity (Wildman–Crippen MR) is 84.8 cm³/mol. The van der Waals surface area contributed by atoms with Crippen LogP contribution in [0.4, 0.5) is 0 Å². The second kappa shape index (κ2) is 6.91. The third kappa shape index (κ3) is 4.44. The number of hydrogen-bond acceptors (Lipinski definition) is 2. The number of aryl methyl sites for hydroxylation is 1. The van der Waals surface area contributed by atoms with Crippen molar-refractivity contribution in [1.29, 1.82) is 0 Å². The molecule has 0 aliphatic carbocycles. The second-order valence-electron chi connectivity index (χ2n) is 5.40. The Balaban J connectivity index is 1.89. The molecule has 1 aromatic heterocycles. The maximum atomic E-state index is 12.2. The van der Waals surface area contributed by atoms with Gasteiger partial charge in [0.1, 0.15) is 0 Å². The van der Waals surface area contributed by atoms with Crippen molar-refractivity contribution in [2.45, 2.75) is 37.6 Å². The van der Waals surface area contributed by atoms with E-state index in [1.54, 1.807) is 12.1 Å². The minimum atomic E-state index is -3.40. The van der Waals surface area contributed by atoms with Crippen molar-refractivity contribution in [3.8, 4) is 0 Å². The summed E-state index contributed by atoms with van der Waals surface area (Å²) in [5, 5.41) is 0. The zero-order chi connectivity index (χ0) is 15.3. The third-order valence-electron chi connectivity index (χ3n) is 3.41.